The van der Waals surface area contributed by atoms with Crippen LogP contribution >= 0.6 is 0 Å². The van der Waals surface area contributed by atoms with Crippen molar-refractivity contribution in [3.63, 3.8) is 0 Å². The number of halogens is 1. The number of nitrogens with one attached hydrogen (secondary N) is 2. The van der Waals surface area contributed by atoms with Crippen LogP contribution in [0.3, 0.4) is 0 Å². The molecule has 1 aromatic heterocycles. The van der Waals surface area contributed by atoms with Gasteiger partial charge in [0.15, 0.2) is 11.6 Å². The van der Waals surface area contributed by atoms with E-state index in [0.29, 0.717) is 6.54 Å². The second-order valence-electron chi connectivity index (χ2n) is 6.73. The number of hydrogen-bond acceptors (Lipinski definition) is 2. The number of phenols is 1. The molecule has 1 amide bonds. The van der Waals surface area contributed by atoms with Crippen molar-refractivity contribution in [2.45, 2.75) is 13.0 Å². The van der Waals surface area contributed by atoms with Gasteiger partial charge in [0, 0.05) is 29.7 Å². The quantitative estimate of drug-likeness (QED) is 0.480. The molecule has 0 saturated heterocycles. The molecule has 0 spiro atoms. The Labute approximate surface area is 161 Å². The summed E-state index contributed by atoms with van der Waals surface area (Å²) in [6.45, 7) is 0.330. The van der Waals surface area contributed by atoms with E-state index in [1.807, 2.05) is 36.4 Å². The molecule has 140 valence electrons. The zero-order chi connectivity index (χ0) is 19.5. The fourth-order valence-corrected chi connectivity index (χ4v) is 3.20. The monoisotopic (exact) mass is 374 g/mol. The minimum absolute atomic E-state index is 0.170. The number of carbonyl (C=O) groups excluding carboxylic acids is 1. The van der Waals surface area contributed by atoms with Gasteiger partial charge in [0.1, 0.15) is 0 Å². The van der Waals surface area contributed by atoms with E-state index < -0.39 is 17.5 Å². The molecule has 0 saturated carbocycles. The maximum absolute atomic E-state index is 13.4. The van der Waals surface area contributed by atoms with Crippen LogP contribution in [0, 0.1) is 5.82 Å². The van der Waals surface area contributed by atoms with Crippen molar-refractivity contribution in [2.24, 2.45) is 0 Å². The summed E-state index contributed by atoms with van der Waals surface area (Å²) in [5, 5.41) is 13.1. The number of aromatic amines is 1. The zero-order valence-electron chi connectivity index (χ0n) is 15.1. The predicted octanol–water partition coefficient (Wildman–Crippen LogP) is 4.53. The molecule has 0 aliphatic carbocycles. The van der Waals surface area contributed by atoms with Gasteiger partial charge >= 0.3 is 0 Å². The largest absolute Gasteiger partial charge is 0.505 e. The van der Waals surface area contributed by atoms with E-state index >= 15 is 0 Å². The Morgan fingerprint density at radius 3 is 2.57 bits per heavy atom. The van der Waals surface area contributed by atoms with Crippen LogP contribution in [-0.2, 0) is 13.0 Å². The number of rotatable bonds is 5. The third-order valence-electron chi connectivity index (χ3n) is 4.64. The highest BCUT2D eigenvalue weighted by molar-refractivity contribution is 5.94. The lowest BCUT2D eigenvalue weighted by Gasteiger charge is -2.06. The van der Waals surface area contributed by atoms with Crippen LogP contribution in [-0.4, -0.2) is 16.0 Å². The van der Waals surface area contributed by atoms with Crippen molar-refractivity contribution in [3.8, 4) is 5.75 Å². The molecule has 0 unspecified atom stereocenters. The van der Waals surface area contributed by atoms with E-state index in [9.17, 15) is 14.3 Å². The van der Waals surface area contributed by atoms with Crippen molar-refractivity contribution in [3.05, 3.63) is 101 Å². The molecule has 4 aromatic rings. The Balaban J connectivity index is 1.45. The Hall–Kier alpha value is -3.60. The summed E-state index contributed by atoms with van der Waals surface area (Å²) >= 11 is 0. The van der Waals surface area contributed by atoms with Crippen LogP contribution in [0.4, 0.5) is 4.39 Å². The van der Waals surface area contributed by atoms with Crippen molar-refractivity contribution in [1.82, 2.24) is 10.3 Å². The van der Waals surface area contributed by atoms with Gasteiger partial charge in [-0.25, -0.2) is 4.39 Å². The summed E-state index contributed by atoms with van der Waals surface area (Å²) in [5.41, 5.74) is 4.53. The molecule has 0 aliphatic heterocycles. The summed E-state index contributed by atoms with van der Waals surface area (Å²) in [4.78, 5) is 15.6. The van der Waals surface area contributed by atoms with E-state index in [1.165, 1.54) is 17.7 Å². The van der Waals surface area contributed by atoms with Crippen LogP contribution < -0.4 is 5.32 Å². The first-order valence-corrected chi connectivity index (χ1v) is 9.00. The smallest absolute Gasteiger partial charge is 0.251 e. The molecule has 0 bridgehead atoms. The minimum atomic E-state index is -0.813. The molecule has 5 heteroatoms. The average molecular weight is 374 g/mol. The third-order valence-corrected chi connectivity index (χ3v) is 4.64. The predicted molar refractivity (Wildman–Crippen MR) is 107 cm³/mol. The number of phenolic OH excluding ortho intramolecular Hbond substituents is 1. The van der Waals surface area contributed by atoms with Crippen LogP contribution in [0.2, 0.25) is 0 Å². The Morgan fingerprint density at radius 1 is 0.964 bits per heavy atom. The highest BCUT2D eigenvalue weighted by Gasteiger charge is 2.09. The number of aromatic hydroxyl groups is 1. The number of hydrogen-bond donors (Lipinski definition) is 3. The summed E-state index contributed by atoms with van der Waals surface area (Å²) in [6.07, 6.45) is 0.827. The van der Waals surface area contributed by atoms with E-state index in [1.54, 1.807) is 0 Å². The molecule has 0 radical (unpaired) electrons. The SMILES string of the molecule is O=C(NCc1ccc2[nH]c(Cc3ccccc3)cc2c1)c1ccc(O)c(F)c1. The van der Waals surface area contributed by atoms with Crippen LogP contribution in [0.15, 0.2) is 72.8 Å². The minimum Gasteiger partial charge on any atom is -0.505 e. The molecule has 3 N–H and O–H groups in total. The van der Waals surface area contributed by atoms with Gasteiger partial charge < -0.3 is 15.4 Å². The molecule has 0 atom stereocenters. The number of amides is 1. The first kappa shape index (κ1) is 17.8. The lowest BCUT2D eigenvalue weighted by atomic mass is 10.1. The molecule has 4 rings (SSSR count). The van der Waals surface area contributed by atoms with Gasteiger partial charge in [0.25, 0.3) is 5.91 Å². The summed E-state index contributed by atoms with van der Waals surface area (Å²) in [6, 6.07) is 21.9. The molecule has 1 heterocycles. The van der Waals surface area contributed by atoms with E-state index in [0.717, 1.165) is 34.6 Å². The number of carbonyl (C=O) groups is 1. The van der Waals surface area contributed by atoms with Gasteiger partial charge in [-0.1, -0.05) is 36.4 Å². The topological polar surface area (TPSA) is 65.1 Å². The molecular formula is C23H19FN2O2. The van der Waals surface area contributed by atoms with Crippen LogP contribution in [0.1, 0.15) is 27.2 Å². The van der Waals surface area contributed by atoms with E-state index in [-0.39, 0.29) is 5.56 Å². The molecule has 3 aromatic carbocycles. The van der Waals surface area contributed by atoms with E-state index in [4.69, 9.17) is 0 Å². The first-order valence-electron chi connectivity index (χ1n) is 9.00. The van der Waals surface area contributed by atoms with Crippen LogP contribution in [0.5, 0.6) is 5.75 Å². The van der Waals surface area contributed by atoms with Gasteiger partial charge in [0.2, 0.25) is 0 Å². The van der Waals surface area contributed by atoms with Crippen molar-refractivity contribution < 1.29 is 14.3 Å². The van der Waals surface area contributed by atoms with Gasteiger partial charge in [-0.3, -0.25) is 4.79 Å². The maximum atomic E-state index is 13.4. The number of aromatic nitrogens is 1. The van der Waals surface area contributed by atoms with Crippen molar-refractivity contribution >= 4 is 16.8 Å². The molecule has 0 fully saturated rings. The Bertz CT molecular complexity index is 1140. The van der Waals surface area contributed by atoms with Gasteiger partial charge in [0.05, 0.1) is 0 Å². The summed E-state index contributed by atoms with van der Waals surface area (Å²) in [5.74, 6) is -1.68. The molecule has 0 aliphatic rings. The first-order chi connectivity index (χ1) is 13.6. The number of fused-ring (bicyclic) bond motifs is 1. The molecular weight excluding hydrogens is 355 g/mol. The Morgan fingerprint density at radius 2 is 1.79 bits per heavy atom. The average Bonchev–Trinajstić information content (AvgIpc) is 3.10. The lowest BCUT2D eigenvalue weighted by molar-refractivity contribution is 0.0950. The highest BCUT2D eigenvalue weighted by atomic mass is 19.1. The third kappa shape index (κ3) is 3.88. The second kappa shape index (κ2) is 7.56. The van der Waals surface area contributed by atoms with Gasteiger partial charge in [-0.15, -0.1) is 0 Å². The van der Waals surface area contributed by atoms with Crippen molar-refractivity contribution in [2.75, 3.05) is 0 Å². The lowest BCUT2D eigenvalue weighted by Crippen LogP contribution is -2.22. The second-order valence-corrected chi connectivity index (χ2v) is 6.73. The summed E-state index contributed by atoms with van der Waals surface area (Å²) < 4.78 is 13.4. The summed E-state index contributed by atoms with van der Waals surface area (Å²) in [7, 11) is 0. The maximum Gasteiger partial charge on any atom is 0.251 e. The van der Waals surface area contributed by atoms with Crippen LogP contribution in [0.25, 0.3) is 10.9 Å². The van der Waals surface area contributed by atoms with Gasteiger partial charge in [-0.05, 0) is 52.9 Å². The highest BCUT2D eigenvalue weighted by Crippen LogP contribution is 2.20. The number of benzene rings is 3. The number of H-pyrrole nitrogens is 1. The fraction of sp³-hybridized carbons (Fsp3) is 0.0870. The Kier molecular flexibility index (Phi) is 4.81. The molecule has 4 nitrogen and oxygen atoms in total. The fourth-order valence-electron chi connectivity index (χ4n) is 3.20. The van der Waals surface area contributed by atoms with Crippen molar-refractivity contribution in [1.29, 1.82) is 0 Å². The normalized spacial score (nSPS) is 10.9. The standard InChI is InChI=1S/C23H19FN2O2/c24-20-13-17(7-9-22(20)27)23(28)25-14-16-6-8-21-18(10-16)12-19(26-21)11-15-4-2-1-3-5-15/h1-10,12-13,26-27H,11,14H2,(H,25,28). The van der Waals surface area contributed by atoms with Gasteiger partial charge in [-0.2, -0.15) is 0 Å². The molecule has 28 heavy (non-hydrogen) atoms. The zero-order valence-corrected chi connectivity index (χ0v) is 15.1. The van der Waals surface area contributed by atoms with E-state index in [2.05, 4.69) is 28.5 Å².